The molecule has 1 aromatic carbocycles. The monoisotopic (exact) mass is 376 g/mol. The number of carbonyl (C=O) groups excluding carboxylic acids is 1. The summed E-state index contributed by atoms with van der Waals surface area (Å²) in [6, 6.07) is 9.30. The smallest absolute Gasteiger partial charge is 0.260 e. The molecule has 2 aromatic rings. The van der Waals surface area contributed by atoms with Crippen molar-refractivity contribution in [2.45, 2.75) is 0 Å². The number of amides is 1. The number of para-hydroxylation sites is 1. The van der Waals surface area contributed by atoms with Crippen molar-refractivity contribution in [3.05, 3.63) is 47.2 Å². The summed E-state index contributed by atoms with van der Waals surface area (Å²) in [4.78, 5) is 24.6. The van der Waals surface area contributed by atoms with Gasteiger partial charge in [0.1, 0.15) is 5.75 Å². The van der Waals surface area contributed by atoms with Gasteiger partial charge < -0.3 is 14.5 Å². The van der Waals surface area contributed by atoms with E-state index in [1.54, 1.807) is 18.5 Å². The number of hydrogen-bond acceptors (Lipinski definition) is 5. The number of nitrogens with zero attached hydrogens (tertiary/aromatic N) is 4. The molecule has 1 amide bonds. The van der Waals surface area contributed by atoms with Crippen molar-refractivity contribution >= 4 is 27.8 Å². The van der Waals surface area contributed by atoms with E-state index < -0.39 is 0 Å². The summed E-state index contributed by atoms with van der Waals surface area (Å²) in [6.07, 6.45) is 3.46. The molecule has 0 N–H and O–H groups in total. The number of piperazine rings is 1. The van der Waals surface area contributed by atoms with Gasteiger partial charge in [-0.2, -0.15) is 0 Å². The van der Waals surface area contributed by atoms with Crippen LogP contribution in [0, 0.1) is 0 Å². The van der Waals surface area contributed by atoms with E-state index in [1.807, 2.05) is 29.2 Å². The molecule has 23 heavy (non-hydrogen) atoms. The van der Waals surface area contributed by atoms with Gasteiger partial charge in [0.05, 0.1) is 4.47 Å². The van der Waals surface area contributed by atoms with Crippen LogP contribution in [0.5, 0.6) is 5.75 Å². The van der Waals surface area contributed by atoms with Crippen molar-refractivity contribution < 1.29 is 9.53 Å². The van der Waals surface area contributed by atoms with Crippen LogP contribution in [0.2, 0.25) is 0 Å². The first-order chi connectivity index (χ1) is 11.2. The summed E-state index contributed by atoms with van der Waals surface area (Å²) in [5.41, 5.74) is 0. The molecule has 1 aliphatic rings. The van der Waals surface area contributed by atoms with Crippen LogP contribution in [-0.2, 0) is 4.79 Å². The summed E-state index contributed by atoms with van der Waals surface area (Å²) in [7, 11) is 0. The first-order valence-electron chi connectivity index (χ1n) is 7.41. The van der Waals surface area contributed by atoms with Gasteiger partial charge in [0.15, 0.2) is 6.61 Å². The van der Waals surface area contributed by atoms with Crippen LogP contribution in [0.15, 0.2) is 47.2 Å². The topological polar surface area (TPSA) is 58.6 Å². The molecule has 120 valence electrons. The van der Waals surface area contributed by atoms with E-state index in [0.29, 0.717) is 24.8 Å². The zero-order valence-electron chi connectivity index (χ0n) is 12.6. The van der Waals surface area contributed by atoms with Crippen molar-refractivity contribution in [2.75, 3.05) is 37.7 Å². The Morgan fingerprint density at radius 2 is 1.78 bits per heavy atom. The van der Waals surface area contributed by atoms with E-state index in [2.05, 4.69) is 30.8 Å². The van der Waals surface area contributed by atoms with Crippen LogP contribution in [0.4, 0.5) is 5.95 Å². The van der Waals surface area contributed by atoms with Gasteiger partial charge in [-0.25, -0.2) is 9.97 Å². The molecule has 6 nitrogen and oxygen atoms in total. The lowest BCUT2D eigenvalue weighted by Gasteiger charge is -2.34. The fraction of sp³-hybridized carbons (Fsp3) is 0.312. The highest BCUT2D eigenvalue weighted by molar-refractivity contribution is 9.10. The van der Waals surface area contributed by atoms with Crippen molar-refractivity contribution in [1.82, 2.24) is 14.9 Å². The molecule has 1 fully saturated rings. The Kier molecular flexibility index (Phi) is 5.07. The fourth-order valence-corrected chi connectivity index (χ4v) is 2.80. The summed E-state index contributed by atoms with van der Waals surface area (Å²) < 4.78 is 6.43. The van der Waals surface area contributed by atoms with Gasteiger partial charge in [0.25, 0.3) is 5.91 Å². The Balaban J connectivity index is 1.50. The molecule has 0 aliphatic carbocycles. The van der Waals surface area contributed by atoms with E-state index in [9.17, 15) is 4.79 Å². The van der Waals surface area contributed by atoms with Gasteiger partial charge in [-0.15, -0.1) is 0 Å². The molecule has 0 atom stereocenters. The number of anilines is 1. The third kappa shape index (κ3) is 3.98. The minimum absolute atomic E-state index is 0.00520. The van der Waals surface area contributed by atoms with E-state index in [1.165, 1.54) is 0 Å². The lowest BCUT2D eigenvalue weighted by molar-refractivity contribution is -0.133. The summed E-state index contributed by atoms with van der Waals surface area (Å²) in [5.74, 6) is 1.38. The predicted molar refractivity (Wildman–Crippen MR) is 90.5 cm³/mol. The number of carbonyl (C=O) groups is 1. The Labute approximate surface area is 143 Å². The Morgan fingerprint density at radius 3 is 2.48 bits per heavy atom. The molecule has 0 radical (unpaired) electrons. The van der Waals surface area contributed by atoms with Crippen LogP contribution in [0.3, 0.4) is 0 Å². The standard InChI is InChI=1S/C16H17BrN4O2/c17-13-4-1-2-5-14(13)23-12-15(22)20-8-10-21(11-9-20)16-18-6-3-7-19-16/h1-7H,8-12H2. The molecular formula is C16H17BrN4O2. The number of hydrogen-bond donors (Lipinski definition) is 0. The zero-order valence-corrected chi connectivity index (χ0v) is 14.1. The maximum absolute atomic E-state index is 12.3. The van der Waals surface area contributed by atoms with Crippen LogP contribution >= 0.6 is 15.9 Å². The highest BCUT2D eigenvalue weighted by Gasteiger charge is 2.22. The molecule has 0 spiro atoms. The predicted octanol–water partition coefficient (Wildman–Crippen LogP) is 1.97. The summed E-state index contributed by atoms with van der Waals surface area (Å²) >= 11 is 3.41. The third-order valence-corrected chi connectivity index (χ3v) is 4.31. The second-order valence-corrected chi connectivity index (χ2v) is 5.99. The van der Waals surface area contributed by atoms with Crippen LogP contribution in [0.1, 0.15) is 0 Å². The highest BCUT2D eigenvalue weighted by atomic mass is 79.9. The minimum atomic E-state index is -0.00520. The second-order valence-electron chi connectivity index (χ2n) is 5.14. The van der Waals surface area contributed by atoms with E-state index >= 15 is 0 Å². The quantitative estimate of drug-likeness (QED) is 0.816. The molecule has 1 saturated heterocycles. The van der Waals surface area contributed by atoms with Crippen LogP contribution < -0.4 is 9.64 Å². The van der Waals surface area contributed by atoms with Gasteiger partial charge in [0.2, 0.25) is 5.95 Å². The SMILES string of the molecule is O=C(COc1ccccc1Br)N1CCN(c2ncccn2)CC1. The molecule has 1 aliphatic heterocycles. The average Bonchev–Trinajstić information content (AvgIpc) is 2.62. The minimum Gasteiger partial charge on any atom is -0.483 e. The van der Waals surface area contributed by atoms with Crippen molar-refractivity contribution in [1.29, 1.82) is 0 Å². The summed E-state index contributed by atoms with van der Waals surface area (Å²) in [6.45, 7) is 2.80. The molecule has 0 unspecified atom stereocenters. The molecule has 2 heterocycles. The number of halogens is 1. The van der Waals surface area contributed by atoms with Crippen molar-refractivity contribution in [3.63, 3.8) is 0 Å². The Morgan fingerprint density at radius 1 is 1.09 bits per heavy atom. The number of aromatic nitrogens is 2. The second kappa shape index (κ2) is 7.41. The van der Waals surface area contributed by atoms with Gasteiger partial charge in [0, 0.05) is 38.6 Å². The van der Waals surface area contributed by atoms with Crippen LogP contribution in [-0.4, -0.2) is 53.6 Å². The molecule has 3 rings (SSSR count). The molecule has 0 bridgehead atoms. The van der Waals surface area contributed by atoms with Gasteiger partial charge in [-0.3, -0.25) is 4.79 Å². The number of ether oxygens (including phenoxy) is 1. The summed E-state index contributed by atoms with van der Waals surface area (Å²) in [5, 5.41) is 0. The largest absolute Gasteiger partial charge is 0.483 e. The van der Waals surface area contributed by atoms with Gasteiger partial charge in [-0.05, 0) is 34.1 Å². The van der Waals surface area contributed by atoms with E-state index in [4.69, 9.17) is 4.74 Å². The third-order valence-electron chi connectivity index (χ3n) is 3.66. The van der Waals surface area contributed by atoms with Gasteiger partial charge in [-0.1, -0.05) is 12.1 Å². The first-order valence-corrected chi connectivity index (χ1v) is 8.20. The number of benzene rings is 1. The maximum atomic E-state index is 12.3. The zero-order chi connectivity index (χ0) is 16.1. The first kappa shape index (κ1) is 15.7. The molecule has 7 heteroatoms. The van der Waals surface area contributed by atoms with Gasteiger partial charge >= 0.3 is 0 Å². The molecular weight excluding hydrogens is 360 g/mol. The lowest BCUT2D eigenvalue weighted by atomic mass is 10.3. The van der Waals surface area contributed by atoms with Crippen molar-refractivity contribution in [2.24, 2.45) is 0 Å². The fourth-order valence-electron chi connectivity index (χ4n) is 2.40. The maximum Gasteiger partial charge on any atom is 0.260 e. The lowest BCUT2D eigenvalue weighted by Crippen LogP contribution is -2.50. The number of rotatable bonds is 4. The normalized spacial score (nSPS) is 14.7. The Bertz CT molecular complexity index is 660. The van der Waals surface area contributed by atoms with E-state index in [0.717, 1.165) is 17.6 Å². The van der Waals surface area contributed by atoms with Crippen molar-refractivity contribution in [3.8, 4) is 5.75 Å². The van der Waals surface area contributed by atoms with Crippen LogP contribution in [0.25, 0.3) is 0 Å². The molecule has 0 saturated carbocycles. The Hall–Kier alpha value is -2.15. The van der Waals surface area contributed by atoms with E-state index in [-0.39, 0.29) is 12.5 Å². The highest BCUT2D eigenvalue weighted by Crippen LogP contribution is 2.23. The average molecular weight is 377 g/mol. The molecule has 1 aromatic heterocycles.